The molecule has 0 aromatic carbocycles. The van der Waals surface area contributed by atoms with E-state index in [-0.39, 0.29) is 41.7 Å². The maximum Gasteiger partial charge on any atom is 0.331 e. The van der Waals surface area contributed by atoms with Crippen LogP contribution >= 0.6 is 0 Å². The van der Waals surface area contributed by atoms with Gasteiger partial charge in [-0.1, -0.05) is 13.0 Å². The third-order valence-electron chi connectivity index (χ3n) is 12.2. The monoisotopic (exact) mass is 573 g/mol. The van der Waals surface area contributed by atoms with Gasteiger partial charge in [-0.25, -0.2) is 4.79 Å². The highest BCUT2D eigenvalue weighted by atomic mass is 16.7. The van der Waals surface area contributed by atoms with Crippen LogP contribution in [0.3, 0.4) is 0 Å². The van der Waals surface area contributed by atoms with E-state index in [9.17, 15) is 25.2 Å². The highest BCUT2D eigenvalue weighted by Gasteiger charge is 2.71. The van der Waals surface area contributed by atoms with E-state index in [0.717, 1.165) is 24.8 Å². The van der Waals surface area contributed by atoms with Crippen molar-refractivity contribution in [3.63, 3.8) is 0 Å². The average Bonchev–Trinajstić information content (AvgIpc) is 3.47. The number of aliphatic hydroxyl groups is 4. The Bertz CT molecular complexity index is 1100. The molecule has 6 aliphatic rings. The molecule has 1 saturated heterocycles. The van der Waals surface area contributed by atoms with E-state index < -0.39 is 41.2 Å². The van der Waals surface area contributed by atoms with E-state index in [1.165, 1.54) is 0 Å². The predicted molar refractivity (Wildman–Crippen MR) is 151 cm³/mol. The summed E-state index contributed by atoms with van der Waals surface area (Å²) in [5.41, 5.74) is -1.91. The number of esters is 1. The molecule has 4 N–H and O–H groups in total. The number of cyclic esters (lactones) is 1. The zero-order valence-electron chi connectivity index (χ0n) is 24.4. The number of ether oxygens (including phenoxy) is 3. The minimum Gasteiger partial charge on any atom is -0.458 e. The number of rotatable bonds is 6. The number of carbonyl (C=O) groups is 1. The standard InChI is InChI=1S/C32H47NO8/c1-4-13-33-18-30-10-5-21(41-27-15-25(34)28(36)19(2)40-27)16-31(30,37)11-7-24-23(30)6-9-29(3)22(8-12-32(24,29)38)20-14-26(35)39-17-20/h4,14,18-19,21-25,27-28,34,36-38H,1,5-13,15-17H2,2-3H3/t19-,21+,22-,23+,24-,25-,27+,28-,29-,30+,31+,32+/m1/s1. The van der Waals surface area contributed by atoms with Gasteiger partial charge in [0.25, 0.3) is 0 Å². The first-order valence-corrected chi connectivity index (χ1v) is 15.6. The number of fused-ring (bicyclic) bond motifs is 5. The van der Waals surface area contributed by atoms with E-state index in [4.69, 9.17) is 19.2 Å². The Morgan fingerprint density at radius 2 is 1.90 bits per heavy atom. The Morgan fingerprint density at radius 1 is 1.12 bits per heavy atom. The van der Waals surface area contributed by atoms with Crippen molar-refractivity contribution in [3.8, 4) is 0 Å². The first kappa shape index (κ1) is 29.5. The van der Waals surface area contributed by atoms with Crippen LogP contribution in [0.25, 0.3) is 0 Å². The second kappa shape index (κ2) is 10.5. The van der Waals surface area contributed by atoms with Gasteiger partial charge in [0.15, 0.2) is 6.29 Å². The largest absolute Gasteiger partial charge is 0.458 e. The molecule has 228 valence electrons. The summed E-state index contributed by atoms with van der Waals surface area (Å²) in [4.78, 5) is 16.6. The molecule has 9 heteroatoms. The molecule has 4 aliphatic carbocycles. The third kappa shape index (κ3) is 4.49. The summed E-state index contributed by atoms with van der Waals surface area (Å²) in [5.74, 6) is -0.101. The second-order valence-electron chi connectivity index (χ2n) is 14.0. The Labute approximate surface area is 242 Å². The Hall–Kier alpha value is -1.62. The molecule has 0 aromatic rings. The molecular weight excluding hydrogens is 526 g/mol. The highest BCUT2D eigenvalue weighted by Crippen LogP contribution is 2.70. The molecule has 2 heterocycles. The van der Waals surface area contributed by atoms with Gasteiger partial charge in [0.1, 0.15) is 12.7 Å². The molecule has 0 bridgehead atoms. The minimum atomic E-state index is -1.06. The molecule has 41 heavy (non-hydrogen) atoms. The number of carbonyl (C=O) groups excluding carboxylic acids is 1. The normalized spacial score (nSPS) is 51.5. The Balaban J connectivity index is 1.26. The van der Waals surface area contributed by atoms with Gasteiger partial charge in [-0.3, -0.25) is 4.99 Å². The molecule has 0 amide bonds. The molecule has 6 rings (SSSR count). The minimum absolute atomic E-state index is 0.0111. The first-order chi connectivity index (χ1) is 19.5. The molecule has 4 saturated carbocycles. The zero-order chi connectivity index (χ0) is 29.2. The number of nitrogens with zero attached hydrogens (tertiary/aromatic N) is 1. The van der Waals surface area contributed by atoms with Gasteiger partial charge in [-0.2, -0.15) is 0 Å². The molecule has 2 aliphatic heterocycles. The predicted octanol–water partition coefficient (Wildman–Crippen LogP) is 2.84. The second-order valence-corrected chi connectivity index (χ2v) is 14.0. The number of aliphatic hydroxyl groups excluding tert-OH is 2. The molecule has 0 spiro atoms. The Morgan fingerprint density at radius 3 is 2.61 bits per heavy atom. The summed E-state index contributed by atoms with van der Waals surface area (Å²) < 4.78 is 17.4. The van der Waals surface area contributed by atoms with Crippen LogP contribution in [-0.2, 0) is 19.0 Å². The van der Waals surface area contributed by atoms with Gasteiger partial charge in [0.2, 0.25) is 0 Å². The lowest BCUT2D eigenvalue weighted by Crippen LogP contribution is -2.69. The summed E-state index contributed by atoms with van der Waals surface area (Å²) in [6.07, 6.45) is 8.52. The van der Waals surface area contributed by atoms with E-state index >= 15 is 0 Å². The average molecular weight is 574 g/mol. The first-order valence-electron chi connectivity index (χ1n) is 15.6. The molecule has 0 radical (unpaired) electrons. The van der Waals surface area contributed by atoms with Gasteiger partial charge in [0, 0.05) is 36.0 Å². The van der Waals surface area contributed by atoms with E-state index in [1.807, 2.05) is 6.21 Å². The van der Waals surface area contributed by atoms with Crippen molar-refractivity contribution >= 4 is 12.2 Å². The SMILES string of the molecule is C=CCN=C[C@]12CC[C@H](O[C@H]3C[C@@H](O)[C@H](O)[C@@H](C)O3)C[C@@]1(O)CC[C@@H]1[C@@H]2CC[C@]2(C)[C@@H](C3=CC(=O)OC3)CC[C@]12O. The van der Waals surface area contributed by atoms with Crippen molar-refractivity contribution in [3.05, 3.63) is 24.3 Å². The molecule has 0 unspecified atom stereocenters. The Kier molecular flexibility index (Phi) is 7.56. The van der Waals surface area contributed by atoms with Crippen LogP contribution in [0.5, 0.6) is 0 Å². The van der Waals surface area contributed by atoms with Crippen LogP contribution in [0.1, 0.15) is 78.1 Å². The maximum absolute atomic E-state index is 12.6. The number of aliphatic imine (C=N–C) groups is 1. The summed E-state index contributed by atoms with van der Waals surface area (Å²) in [6, 6.07) is 0. The van der Waals surface area contributed by atoms with Crippen LogP contribution in [0.2, 0.25) is 0 Å². The van der Waals surface area contributed by atoms with E-state index in [1.54, 1.807) is 19.1 Å². The van der Waals surface area contributed by atoms with Crippen molar-refractivity contribution in [2.45, 2.75) is 120 Å². The highest BCUT2D eigenvalue weighted by molar-refractivity contribution is 5.85. The van der Waals surface area contributed by atoms with Crippen molar-refractivity contribution < 1.29 is 39.4 Å². The fraction of sp³-hybridized carbons (Fsp3) is 0.812. The summed E-state index contributed by atoms with van der Waals surface area (Å²) in [5, 5.41) is 45.4. The summed E-state index contributed by atoms with van der Waals surface area (Å²) in [7, 11) is 0. The lowest BCUT2D eigenvalue weighted by molar-refractivity contribution is -0.282. The third-order valence-corrected chi connectivity index (χ3v) is 12.2. The number of hydrogen-bond acceptors (Lipinski definition) is 9. The zero-order valence-corrected chi connectivity index (χ0v) is 24.4. The molecule has 12 atom stereocenters. The van der Waals surface area contributed by atoms with Gasteiger partial charge in [-0.15, -0.1) is 6.58 Å². The van der Waals surface area contributed by atoms with Gasteiger partial charge in [-0.05, 0) is 81.6 Å². The van der Waals surface area contributed by atoms with E-state index in [2.05, 4.69) is 13.5 Å². The lowest BCUT2D eigenvalue weighted by atomic mass is 9.41. The number of hydrogen-bond donors (Lipinski definition) is 4. The molecule has 0 aromatic heterocycles. The fourth-order valence-corrected chi connectivity index (χ4v) is 10.1. The lowest BCUT2D eigenvalue weighted by Gasteiger charge is -2.66. The summed E-state index contributed by atoms with van der Waals surface area (Å²) >= 11 is 0. The molecule has 5 fully saturated rings. The van der Waals surface area contributed by atoms with Gasteiger partial charge >= 0.3 is 5.97 Å². The molecule has 9 nitrogen and oxygen atoms in total. The fourth-order valence-electron chi connectivity index (χ4n) is 10.1. The topological polar surface area (TPSA) is 138 Å². The van der Waals surface area contributed by atoms with Crippen LogP contribution in [0.15, 0.2) is 29.3 Å². The van der Waals surface area contributed by atoms with Crippen LogP contribution < -0.4 is 0 Å². The smallest absolute Gasteiger partial charge is 0.331 e. The van der Waals surface area contributed by atoms with Gasteiger partial charge in [0.05, 0.1) is 36.1 Å². The van der Waals surface area contributed by atoms with Gasteiger partial charge < -0.3 is 34.6 Å². The molecular formula is C32H47NO8. The van der Waals surface area contributed by atoms with Crippen molar-refractivity contribution in [2.24, 2.45) is 33.6 Å². The van der Waals surface area contributed by atoms with Crippen LogP contribution in [0.4, 0.5) is 0 Å². The van der Waals surface area contributed by atoms with E-state index in [0.29, 0.717) is 51.7 Å². The van der Waals surface area contributed by atoms with Crippen LogP contribution in [0, 0.1) is 28.6 Å². The quantitative estimate of drug-likeness (QED) is 0.165. The van der Waals surface area contributed by atoms with Crippen molar-refractivity contribution in [1.82, 2.24) is 0 Å². The van der Waals surface area contributed by atoms with Crippen molar-refractivity contribution in [1.29, 1.82) is 0 Å². The summed E-state index contributed by atoms with van der Waals surface area (Å²) in [6.45, 7) is 8.54. The maximum atomic E-state index is 12.6. The van der Waals surface area contributed by atoms with Crippen molar-refractivity contribution in [2.75, 3.05) is 13.2 Å². The van der Waals surface area contributed by atoms with Crippen LogP contribution in [-0.4, -0.2) is 87.7 Å².